The van der Waals surface area contributed by atoms with Crippen molar-refractivity contribution in [1.82, 2.24) is 9.79 Å². The molecule has 2 aromatic carbocycles. The van der Waals surface area contributed by atoms with Gasteiger partial charge in [0.15, 0.2) is 9.84 Å². The smallest absolute Gasteiger partial charge is 0.245 e. The fourth-order valence-corrected chi connectivity index (χ4v) is 9.76. The lowest BCUT2D eigenvalue weighted by Gasteiger charge is -2.30. The Balaban J connectivity index is 1.70. The van der Waals surface area contributed by atoms with Crippen LogP contribution >= 0.6 is 11.3 Å². The summed E-state index contributed by atoms with van der Waals surface area (Å²) in [5.41, 5.74) is 2.99. The molecule has 1 aromatic heterocycles. The van der Waals surface area contributed by atoms with E-state index in [2.05, 4.69) is 0 Å². The lowest BCUT2D eigenvalue weighted by molar-refractivity contribution is -0.129. The van der Waals surface area contributed by atoms with Crippen LogP contribution in [0.15, 0.2) is 66.7 Å². The Morgan fingerprint density at radius 2 is 1.78 bits per heavy atom. The minimum atomic E-state index is -4.01. The predicted molar refractivity (Wildman–Crippen MR) is 142 cm³/mol. The number of sulfonamides is 1. The minimum Gasteiger partial charge on any atom is -0.497 e. The topological polar surface area (TPSA) is 130 Å². The van der Waals surface area contributed by atoms with Crippen LogP contribution in [0.3, 0.4) is 0 Å². The molecule has 2 heterocycles. The number of nitrogens with one attached hydrogen (secondary N) is 1. The van der Waals surface area contributed by atoms with Gasteiger partial charge in [-0.3, -0.25) is 10.0 Å². The first kappa shape index (κ1) is 27.3. The highest BCUT2D eigenvalue weighted by molar-refractivity contribution is 7.92. The zero-order valence-corrected chi connectivity index (χ0v) is 22.6. The lowest BCUT2D eigenvalue weighted by Crippen LogP contribution is -2.41. The number of hydroxylamine groups is 1. The molecule has 0 aliphatic carbocycles. The molecule has 9 nitrogen and oxygen atoms in total. The monoisotopic (exact) mass is 564 g/mol. The highest BCUT2D eigenvalue weighted by Crippen LogP contribution is 2.45. The van der Waals surface area contributed by atoms with Gasteiger partial charge in [-0.2, -0.15) is 0 Å². The summed E-state index contributed by atoms with van der Waals surface area (Å²) in [6, 6.07) is 19.4. The van der Waals surface area contributed by atoms with Crippen LogP contribution in [-0.4, -0.2) is 58.2 Å². The average Bonchev–Trinajstić information content (AvgIpc) is 3.33. The fourth-order valence-electron chi connectivity index (χ4n) is 4.50. The van der Waals surface area contributed by atoms with Gasteiger partial charge in [-0.15, -0.1) is 11.3 Å². The van der Waals surface area contributed by atoms with E-state index in [9.17, 15) is 26.8 Å². The van der Waals surface area contributed by atoms with Crippen molar-refractivity contribution in [1.29, 1.82) is 0 Å². The van der Waals surface area contributed by atoms with E-state index in [0.29, 0.717) is 16.2 Å². The Morgan fingerprint density at radius 3 is 2.43 bits per heavy atom. The van der Waals surface area contributed by atoms with Crippen LogP contribution in [0, 0.1) is 0 Å². The third kappa shape index (κ3) is 5.73. The van der Waals surface area contributed by atoms with Gasteiger partial charge in [0, 0.05) is 22.8 Å². The third-order valence-electron chi connectivity index (χ3n) is 6.56. The van der Waals surface area contributed by atoms with Gasteiger partial charge in [0.25, 0.3) is 0 Å². The van der Waals surface area contributed by atoms with E-state index in [1.807, 2.05) is 12.1 Å². The van der Waals surface area contributed by atoms with Gasteiger partial charge in [0.2, 0.25) is 15.9 Å². The van der Waals surface area contributed by atoms with E-state index < -0.39 is 42.7 Å². The molecule has 12 heteroatoms. The molecule has 37 heavy (non-hydrogen) atoms. The van der Waals surface area contributed by atoms with Crippen LogP contribution in [-0.2, 0) is 35.2 Å². The van der Waals surface area contributed by atoms with Gasteiger partial charge in [0.1, 0.15) is 10.5 Å². The number of amides is 1. The number of benzene rings is 2. The molecule has 1 unspecified atom stereocenters. The van der Waals surface area contributed by atoms with Crippen molar-refractivity contribution in [2.45, 2.75) is 23.3 Å². The molecule has 0 radical (unpaired) electrons. The summed E-state index contributed by atoms with van der Waals surface area (Å²) in [7, 11) is -6.26. The lowest BCUT2D eigenvalue weighted by atomic mass is 9.97. The number of carbonyl (C=O) groups is 1. The average molecular weight is 565 g/mol. The number of nitrogens with zero attached hydrogens (tertiary/aromatic N) is 1. The van der Waals surface area contributed by atoms with Gasteiger partial charge < -0.3 is 4.74 Å². The number of thiophene rings is 1. The minimum absolute atomic E-state index is 0.0805. The van der Waals surface area contributed by atoms with E-state index in [1.165, 1.54) is 15.6 Å². The molecule has 1 amide bonds. The van der Waals surface area contributed by atoms with Crippen molar-refractivity contribution in [2.24, 2.45) is 0 Å². The quantitative estimate of drug-likeness (QED) is 0.318. The molecular weight excluding hydrogens is 536 g/mol. The van der Waals surface area contributed by atoms with Gasteiger partial charge >= 0.3 is 0 Å². The second-order valence-electron chi connectivity index (χ2n) is 8.81. The molecule has 2 N–H and O–H groups in total. The summed E-state index contributed by atoms with van der Waals surface area (Å²) >= 11 is 1.23. The standard InChI is InChI=1S/C25H28N2O7S3/c1-34-21-9-7-20(8-10-21)22-11-12-23(35-22)25(17-24(28)26-29)13-14-27(15-16-36(25,30)31)37(32,33)18-19-5-3-2-4-6-19/h2-12,29H,13-18H2,1H3,(H,26,28). The van der Waals surface area contributed by atoms with Crippen molar-refractivity contribution in [3.8, 4) is 16.2 Å². The first-order chi connectivity index (χ1) is 17.6. The van der Waals surface area contributed by atoms with Crippen LogP contribution < -0.4 is 10.2 Å². The molecule has 0 saturated carbocycles. The van der Waals surface area contributed by atoms with Crippen molar-refractivity contribution in [2.75, 3.05) is 26.0 Å². The SMILES string of the molecule is COc1ccc(-c2ccc(C3(CC(=O)NO)CCN(S(=O)(=O)Cc4ccccc4)CCS3(=O)=O)s2)cc1. The van der Waals surface area contributed by atoms with E-state index in [0.717, 1.165) is 10.4 Å². The Hall–Kier alpha value is -2.77. The number of hydrogen-bond acceptors (Lipinski definition) is 8. The van der Waals surface area contributed by atoms with Crippen LogP contribution in [0.2, 0.25) is 0 Å². The Labute approximate surface area is 220 Å². The summed E-state index contributed by atoms with van der Waals surface area (Å²) in [4.78, 5) is 13.6. The molecule has 1 saturated heterocycles. The largest absolute Gasteiger partial charge is 0.497 e. The number of carbonyl (C=O) groups excluding carboxylic acids is 1. The summed E-state index contributed by atoms with van der Waals surface area (Å²) in [6.07, 6.45) is -0.652. The molecule has 1 aliphatic heterocycles. The summed E-state index contributed by atoms with van der Waals surface area (Å²) in [5.74, 6) is -0.878. The van der Waals surface area contributed by atoms with Crippen LogP contribution in [0.25, 0.3) is 10.4 Å². The molecule has 1 fully saturated rings. The first-order valence-electron chi connectivity index (χ1n) is 11.5. The third-order valence-corrected chi connectivity index (χ3v) is 12.4. The van der Waals surface area contributed by atoms with Gasteiger partial charge in [-0.1, -0.05) is 30.3 Å². The zero-order chi connectivity index (χ0) is 26.7. The molecule has 4 rings (SSSR count). The van der Waals surface area contributed by atoms with Crippen molar-refractivity contribution < 1.29 is 31.6 Å². The fraction of sp³-hybridized carbons (Fsp3) is 0.320. The second-order valence-corrected chi connectivity index (χ2v) is 14.3. The maximum atomic E-state index is 13.7. The van der Waals surface area contributed by atoms with E-state index in [1.54, 1.807) is 67.2 Å². The van der Waals surface area contributed by atoms with Crippen molar-refractivity contribution in [3.63, 3.8) is 0 Å². The first-order valence-corrected chi connectivity index (χ1v) is 15.6. The highest BCUT2D eigenvalue weighted by Gasteiger charge is 2.50. The van der Waals surface area contributed by atoms with Crippen LogP contribution in [0.5, 0.6) is 5.75 Å². The number of ether oxygens (including phenoxy) is 1. The number of rotatable bonds is 8. The van der Waals surface area contributed by atoms with Crippen LogP contribution in [0.1, 0.15) is 23.3 Å². The van der Waals surface area contributed by atoms with Crippen molar-refractivity contribution in [3.05, 3.63) is 77.2 Å². The molecule has 0 bridgehead atoms. The predicted octanol–water partition coefficient (Wildman–Crippen LogP) is 3.17. The second kappa shape index (κ2) is 10.9. The molecule has 1 atom stereocenters. The number of methoxy groups -OCH3 is 1. The van der Waals surface area contributed by atoms with Gasteiger partial charge in [-0.25, -0.2) is 26.6 Å². The summed E-state index contributed by atoms with van der Waals surface area (Å²) in [6.45, 7) is -0.292. The van der Waals surface area contributed by atoms with Crippen LogP contribution in [0.4, 0.5) is 0 Å². The zero-order valence-electron chi connectivity index (χ0n) is 20.2. The maximum Gasteiger partial charge on any atom is 0.245 e. The van der Waals surface area contributed by atoms with Gasteiger partial charge in [0.05, 0.1) is 25.0 Å². The Morgan fingerprint density at radius 1 is 1.08 bits per heavy atom. The maximum absolute atomic E-state index is 13.7. The number of hydrogen-bond donors (Lipinski definition) is 2. The molecular formula is C25H28N2O7S3. The Bertz CT molecular complexity index is 1450. The summed E-state index contributed by atoms with van der Waals surface area (Å²) < 4.78 is 58.6. The Kier molecular flexibility index (Phi) is 8.05. The van der Waals surface area contributed by atoms with Gasteiger partial charge in [-0.05, 0) is 53.9 Å². The van der Waals surface area contributed by atoms with E-state index >= 15 is 0 Å². The van der Waals surface area contributed by atoms with E-state index in [4.69, 9.17) is 4.74 Å². The summed E-state index contributed by atoms with van der Waals surface area (Å²) in [5, 5.41) is 9.24. The van der Waals surface area contributed by atoms with E-state index in [-0.39, 0.29) is 25.3 Å². The highest BCUT2D eigenvalue weighted by atomic mass is 32.2. The molecule has 198 valence electrons. The normalized spacial score (nSPS) is 20.2. The molecule has 3 aromatic rings. The molecule has 0 spiro atoms. The molecule has 1 aliphatic rings. The van der Waals surface area contributed by atoms with Crippen molar-refractivity contribution >= 4 is 37.1 Å². The number of sulfone groups is 1.